The Bertz CT molecular complexity index is 649. The Morgan fingerprint density at radius 3 is 1.86 bits per heavy atom. The number of amides is 1. The van der Waals surface area contributed by atoms with E-state index < -0.39 is 0 Å². The number of hydrogen-bond donors (Lipinski definition) is 2. The van der Waals surface area contributed by atoms with Gasteiger partial charge in [0.1, 0.15) is 6.04 Å². The molecule has 0 radical (unpaired) electrons. The van der Waals surface area contributed by atoms with E-state index in [4.69, 9.17) is 4.74 Å². The van der Waals surface area contributed by atoms with Gasteiger partial charge in [0.2, 0.25) is 5.91 Å². The summed E-state index contributed by atoms with van der Waals surface area (Å²) in [4.78, 5) is 25.0. The molecule has 246 valence electrons. The minimum atomic E-state index is -0.259. The summed E-state index contributed by atoms with van der Waals surface area (Å²) in [5.74, 6) is -0.0213. The summed E-state index contributed by atoms with van der Waals surface area (Å²) in [6, 6.07) is -0.259. The molecule has 6 nitrogen and oxygen atoms in total. The third kappa shape index (κ3) is 24.1. The molecule has 1 rings (SSSR count). The predicted octanol–water partition coefficient (Wildman–Crippen LogP) is 9.18. The number of piperidine rings is 1. The van der Waals surface area contributed by atoms with Crippen molar-refractivity contribution in [3.05, 3.63) is 12.2 Å². The van der Waals surface area contributed by atoms with Gasteiger partial charge in [-0.25, -0.2) is 10.4 Å². The number of carbonyl (C=O) groups is 2. The normalized spacial score (nSPS) is 14.8. The predicted molar refractivity (Wildman–Crippen MR) is 178 cm³/mol. The van der Waals surface area contributed by atoms with Gasteiger partial charge in [-0.1, -0.05) is 116 Å². The van der Waals surface area contributed by atoms with Gasteiger partial charge in [-0.2, -0.15) is 0 Å². The molecule has 1 atom stereocenters. The molecule has 0 aliphatic carbocycles. The van der Waals surface area contributed by atoms with E-state index in [0.29, 0.717) is 25.9 Å². The SMILES string of the molecule is CCCCCCCC/C=C\CCCCCCCCNC(=O)C(CCCOC(=O)CCCCCCC)NN1CCCCC1. The fourth-order valence-corrected chi connectivity index (χ4v) is 5.62. The van der Waals surface area contributed by atoms with Gasteiger partial charge in [0.25, 0.3) is 0 Å². The van der Waals surface area contributed by atoms with Crippen molar-refractivity contribution in [3.8, 4) is 0 Å². The quantitative estimate of drug-likeness (QED) is 0.0515. The molecule has 1 aliphatic heterocycles. The molecule has 0 bridgehead atoms. The first-order valence-electron chi connectivity index (χ1n) is 18.3. The number of unbranched alkanes of at least 4 members (excludes halogenated alkanes) is 16. The van der Waals surface area contributed by atoms with Crippen LogP contribution in [0.4, 0.5) is 0 Å². The lowest BCUT2D eigenvalue weighted by Gasteiger charge is -2.31. The standard InChI is InChI=1S/C36H69N3O3/c1-3-5-7-9-10-11-12-13-14-15-16-17-18-19-21-24-30-37-36(41)34(38-39-31-25-22-26-32-39)28-27-33-42-35(40)29-23-20-8-6-4-2/h13-14,34,38H,3-12,15-33H2,1-2H3,(H,37,41)/b14-13-. The lowest BCUT2D eigenvalue weighted by atomic mass is 10.1. The number of carbonyl (C=O) groups excluding carboxylic acids is 2. The van der Waals surface area contributed by atoms with Gasteiger partial charge in [0.15, 0.2) is 0 Å². The van der Waals surface area contributed by atoms with Crippen molar-refractivity contribution in [2.45, 2.75) is 180 Å². The zero-order valence-electron chi connectivity index (χ0n) is 27.9. The van der Waals surface area contributed by atoms with Gasteiger partial charge in [0.05, 0.1) is 6.61 Å². The first-order valence-corrected chi connectivity index (χ1v) is 18.3. The first kappa shape index (κ1) is 38.6. The largest absolute Gasteiger partial charge is 0.466 e. The molecule has 1 fully saturated rings. The summed E-state index contributed by atoms with van der Waals surface area (Å²) in [6.45, 7) is 7.59. The van der Waals surface area contributed by atoms with Crippen LogP contribution in [0.2, 0.25) is 0 Å². The van der Waals surface area contributed by atoms with E-state index in [1.165, 1.54) is 122 Å². The van der Waals surface area contributed by atoms with Crippen molar-refractivity contribution in [3.63, 3.8) is 0 Å². The number of ether oxygens (including phenoxy) is 1. The summed E-state index contributed by atoms with van der Waals surface area (Å²) >= 11 is 0. The zero-order valence-corrected chi connectivity index (χ0v) is 27.9. The van der Waals surface area contributed by atoms with Gasteiger partial charge in [-0.05, 0) is 64.2 Å². The monoisotopic (exact) mass is 592 g/mol. The van der Waals surface area contributed by atoms with Gasteiger partial charge in [-0.15, -0.1) is 0 Å². The third-order valence-corrected chi connectivity index (χ3v) is 8.38. The van der Waals surface area contributed by atoms with E-state index in [2.05, 4.69) is 41.8 Å². The first-order chi connectivity index (χ1) is 20.7. The Labute approximate surface area is 260 Å². The van der Waals surface area contributed by atoms with E-state index in [9.17, 15) is 9.59 Å². The van der Waals surface area contributed by atoms with Crippen LogP contribution in [0.25, 0.3) is 0 Å². The van der Waals surface area contributed by atoms with E-state index >= 15 is 0 Å². The second-order valence-electron chi connectivity index (χ2n) is 12.5. The topological polar surface area (TPSA) is 70.7 Å². The van der Waals surface area contributed by atoms with Crippen molar-refractivity contribution in [2.24, 2.45) is 0 Å². The van der Waals surface area contributed by atoms with Crippen LogP contribution >= 0.6 is 0 Å². The molecule has 42 heavy (non-hydrogen) atoms. The van der Waals surface area contributed by atoms with Gasteiger partial charge >= 0.3 is 5.97 Å². The molecule has 2 N–H and O–H groups in total. The maximum atomic E-state index is 13.0. The Hall–Kier alpha value is -1.40. The van der Waals surface area contributed by atoms with E-state index in [0.717, 1.165) is 38.9 Å². The van der Waals surface area contributed by atoms with Crippen LogP contribution in [0.5, 0.6) is 0 Å². The summed E-state index contributed by atoms with van der Waals surface area (Å²) < 4.78 is 5.45. The van der Waals surface area contributed by atoms with Crippen LogP contribution in [0.15, 0.2) is 12.2 Å². The summed E-state index contributed by atoms with van der Waals surface area (Å²) in [6.07, 6.45) is 34.0. The molecular weight excluding hydrogens is 522 g/mol. The highest BCUT2D eigenvalue weighted by Crippen LogP contribution is 2.12. The smallest absolute Gasteiger partial charge is 0.305 e. The molecule has 6 heteroatoms. The lowest BCUT2D eigenvalue weighted by Crippen LogP contribution is -2.53. The highest BCUT2D eigenvalue weighted by Gasteiger charge is 2.22. The van der Waals surface area contributed by atoms with Crippen LogP contribution < -0.4 is 10.7 Å². The Kier molecular flexibility index (Phi) is 27.3. The van der Waals surface area contributed by atoms with Crippen molar-refractivity contribution in [1.82, 2.24) is 15.8 Å². The summed E-state index contributed by atoms with van der Waals surface area (Å²) in [7, 11) is 0. The molecule has 0 aromatic heterocycles. The Balaban J connectivity index is 2.12. The second-order valence-corrected chi connectivity index (χ2v) is 12.5. The number of nitrogens with zero attached hydrogens (tertiary/aromatic N) is 1. The highest BCUT2D eigenvalue weighted by atomic mass is 16.5. The number of rotatable bonds is 29. The minimum absolute atomic E-state index is 0.0792. The Morgan fingerprint density at radius 1 is 0.690 bits per heavy atom. The van der Waals surface area contributed by atoms with E-state index in [1.807, 2.05) is 0 Å². The van der Waals surface area contributed by atoms with Crippen molar-refractivity contribution in [2.75, 3.05) is 26.2 Å². The number of allylic oxidation sites excluding steroid dienone is 2. The van der Waals surface area contributed by atoms with Crippen molar-refractivity contribution < 1.29 is 14.3 Å². The number of hydrazine groups is 1. The molecule has 1 amide bonds. The minimum Gasteiger partial charge on any atom is -0.466 e. The van der Waals surface area contributed by atoms with Crippen LogP contribution in [0.1, 0.15) is 174 Å². The number of esters is 1. The fraction of sp³-hybridized carbons (Fsp3) is 0.889. The Morgan fingerprint density at radius 2 is 1.24 bits per heavy atom. The lowest BCUT2D eigenvalue weighted by molar-refractivity contribution is -0.143. The van der Waals surface area contributed by atoms with Crippen LogP contribution in [-0.4, -0.2) is 49.2 Å². The molecule has 0 saturated carbocycles. The van der Waals surface area contributed by atoms with Crippen LogP contribution in [-0.2, 0) is 14.3 Å². The third-order valence-electron chi connectivity index (χ3n) is 8.38. The average Bonchev–Trinajstić information content (AvgIpc) is 3.00. The molecule has 1 heterocycles. The average molecular weight is 592 g/mol. The molecule has 0 spiro atoms. The summed E-state index contributed by atoms with van der Waals surface area (Å²) in [5, 5.41) is 5.38. The summed E-state index contributed by atoms with van der Waals surface area (Å²) in [5.41, 5.74) is 3.48. The van der Waals surface area contributed by atoms with E-state index in [1.54, 1.807) is 0 Å². The molecule has 1 saturated heterocycles. The molecular formula is C36H69N3O3. The van der Waals surface area contributed by atoms with E-state index in [-0.39, 0.29) is 17.9 Å². The number of hydrogen-bond acceptors (Lipinski definition) is 5. The van der Waals surface area contributed by atoms with Crippen LogP contribution in [0.3, 0.4) is 0 Å². The van der Waals surface area contributed by atoms with Gasteiger partial charge in [0, 0.05) is 26.1 Å². The van der Waals surface area contributed by atoms with Gasteiger partial charge in [-0.3, -0.25) is 9.59 Å². The molecule has 1 unspecified atom stereocenters. The highest BCUT2D eigenvalue weighted by molar-refractivity contribution is 5.81. The molecule has 1 aliphatic rings. The van der Waals surface area contributed by atoms with Gasteiger partial charge < -0.3 is 10.1 Å². The molecule has 0 aromatic rings. The van der Waals surface area contributed by atoms with Crippen molar-refractivity contribution >= 4 is 11.9 Å². The fourth-order valence-electron chi connectivity index (χ4n) is 5.62. The zero-order chi connectivity index (χ0) is 30.4. The van der Waals surface area contributed by atoms with Crippen molar-refractivity contribution in [1.29, 1.82) is 0 Å². The number of nitrogens with one attached hydrogen (secondary N) is 2. The maximum absolute atomic E-state index is 13.0. The molecule has 0 aromatic carbocycles. The second kappa shape index (κ2) is 29.7. The maximum Gasteiger partial charge on any atom is 0.305 e. The van der Waals surface area contributed by atoms with Crippen LogP contribution in [0, 0.1) is 0 Å².